The fourth-order valence-corrected chi connectivity index (χ4v) is 0.921. The van der Waals surface area contributed by atoms with Crippen LogP contribution in [0.3, 0.4) is 0 Å². The Labute approximate surface area is 144 Å². The second kappa shape index (κ2) is 22.3. The lowest BCUT2D eigenvalue weighted by molar-refractivity contribution is -0.0657. The summed E-state index contributed by atoms with van der Waals surface area (Å²) in [6, 6.07) is 0. The summed E-state index contributed by atoms with van der Waals surface area (Å²) in [7, 11) is 1.53. The van der Waals surface area contributed by atoms with Crippen molar-refractivity contribution in [1.29, 1.82) is 0 Å². The average Bonchev–Trinajstić information content (AvgIpc) is 2.50. The van der Waals surface area contributed by atoms with Gasteiger partial charge in [0.2, 0.25) is 0 Å². The Balaban J connectivity index is -0.000000121. The molecule has 0 bridgehead atoms. The van der Waals surface area contributed by atoms with Crippen molar-refractivity contribution in [3.8, 4) is 0 Å². The standard InChI is InChI=1S/C9H15N.C5H11NOS.2C2H6/c1-5-7-9(4)10-8(3)6-2;1-4(2)5(8)6(3)7;2*1-2/h5-7,10H,1H2,2-4H3;5,7-8H,1H2,2-3H3;2*1-2H3/b8-6+,9-7-;;;. The fraction of sp³-hybridized carbons (Fsp3) is 0.556. The van der Waals surface area contributed by atoms with E-state index in [0.717, 1.165) is 22.0 Å². The van der Waals surface area contributed by atoms with Crippen LogP contribution in [0.1, 0.15) is 55.4 Å². The molecule has 0 aromatic rings. The van der Waals surface area contributed by atoms with Crippen LogP contribution in [0.25, 0.3) is 0 Å². The van der Waals surface area contributed by atoms with Gasteiger partial charge in [0.05, 0.1) is 5.37 Å². The minimum atomic E-state index is -0.241. The molecule has 0 amide bonds. The maximum atomic E-state index is 8.69. The van der Waals surface area contributed by atoms with Crippen LogP contribution in [0.5, 0.6) is 0 Å². The second-order valence-corrected chi connectivity index (χ2v) is 4.46. The molecule has 0 aromatic carbocycles. The van der Waals surface area contributed by atoms with Crippen molar-refractivity contribution in [1.82, 2.24) is 10.4 Å². The summed E-state index contributed by atoms with van der Waals surface area (Å²) < 4.78 is 0. The third-order valence-electron chi connectivity index (χ3n) is 1.99. The van der Waals surface area contributed by atoms with E-state index in [0.29, 0.717) is 0 Å². The van der Waals surface area contributed by atoms with Crippen molar-refractivity contribution < 1.29 is 5.21 Å². The first-order valence-electron chi connectivity index (χ1n) is 7.70. The summed E-state index contributed by atoms with van der Waals surface area (Å²) in [5, 5.41) is 12.6. The molecule has 0 aromatic heterocycles. The van der Waals surface area contributed by atoms with E-state index in [4.69, 9.17) is 5.21 Å². The van der Waals surface area contributed by atoms with Crippen LogP contribution < -0.4 is 5.32 Å². The first-order chi connectivity index (χ1) is 10.3. The van der Waals surface area contributed by atoms with Gasteiger partial charge in [0.15, 0.2) is 0 Å². The van der Waals surface area contributed by atoms with Gasteiger partial charge in [0.1, 0.15) is 0 Å². The van der Waals surface area contributed by atoms with Gasteiger partial charge in [-0.05, 0) is 33.8 Å². The van der Waals surface area contributed by atoms with Gasteiger partial charge < -0.3 is 10.5 Å². The number of thiol groups is 1. The molecule has 0 aliphatic rings. The first-order valence-corrected chi connectivity index (χ1v) is 8.22. The molecule has 0 saturated carbocycles. The van der Waals surface area contributed by atoms with Crippen LogP contribution in [0, 0.1) is 0 Å². The largest absolute Gasteiger partial charge is 0.363 e. The zero-order chi connectivity index (χ0) is 18.7. The van der Waals surface area contributed by atoms with E-state index in [2.05, 4.69) is 31.1 Å². The Bertz CT molecular complexity index is 321. The SMILES string of the molecule is C=C(C)C(S)N(C)O.C=C/C=C(/C)N/C(C)=C/C.CC.CC. The summed E-state index contributed by atoms with van der Waals surface area (Å²) in [6.45, 7) is 23.0. The molecule has 3 nitrogen and oxygen atoms in total. The molecular formula is C18H38N2OS. The van der Waals surface area contributed by atoms with Gasteiger partial charge >= 0.3 is 0 Å². The third-order valence-corrected chi connectivity index (χ3v) is 2.76. The quantitative estimate of drug-likeness (QED) is 0.196. The lowest BCUT2D eigenvalue weighted by Crippen LogP contribution is -2.23. The van der Waals surface area contributed by atoms with E-state index in [-0.39, 0.29) is 5.37 Å². The van der Waals surface area contributed by atoms with Gasteiger partial charge in [0, 0.05) is 18.4 Å². The summed E-state index contributed by atoms with van der Waals surface area (Å²) >= 11 is 4.00. The van der Waals surface area contributed by atoms with E-state index < -0.39 is 0 Å². The Morgan fingerprint density at radius 1 is 1.14 bits per heavy atom. The highest BCUT2D eigenvalue weighted by Gasteiger charge is 2.05. The van der Waals surface area contributed by atoms with E-state index in [9.17, 15) is 0 Å². The Kier molecular flexibility index (Phi) is 29.5. The minimum Gasteiger partial charge on any atom is -0.363 e. The smallest absolute Gasteiger partial charge is 0.0976 e. The Morgan fingerprint density at radius 2 is 1.55 bits per heavy atom. The topological polar surface area (TPSA) is 35.5 Å². The molecular weight excluding hydrogens is 292 g/mol. The molecule has 0 spiro atoms. The Morgan fingerprint density at radius 3 is 1.73 bits per heavy atom. The number of allylic oxidation sites excluding steroid dienone is 5. The molecule has 1 unspecified atom stereocenters. The molecule has 0 saturated heterocycles. The van der Waals surface area contributed by atoms with Crippen molar-refractivity contribution in [3.63, 3.8) is 0 Å². The predicted octanol–water partition coefficient (Wildman–Crippen LogP) is 5.78. The normalized spacial score (nSPS) is 11.6. The van der Waals surface area contributed by atoms with Crippen molar-refractivity contribution in [2.24, 2.45) is 0 Å². The fourth-order valence-electron chi connectivity index (χ4n) is 0.921. The van der Waals surface area contributed by atoms with Crippen LogP contribution in [0.2, 0.25) is 0 Å². The van der Waals surface area contributed by atoms with Crippen molar-refractivity contribution in [2.75, 3.05) is 7.05 Å². The number of nitrogens with zero attached hydrogens (tertiary/aromatic N) is 1. The maximum absolute atomic E-state index is 8.69. The third kappa shape index (κ3) is 24.1. The van der Waals surface area contributed by atoms with Crippen molar-refractivity contribution in [2.45, 2.75) is 60.8 Å². The summed E-state index contributed by atoms with van der Waals surface area (Å²) in [5.41, 5.74) is 3.11. The molecule has 2 N–H and O–H groups in total. The molecule has 0 heterocycles. The summed E-state index contributed by atoms with van der Waals surface area (Å²) in [6.07, 6.45) is 5.73. The zero-order valence-electron chi connectivity index (χ0n) is 16.1. The molecule has 0 rings (SSSR count). The second-order valence-electron chi connectivity index (χ2n) is 3.98. The average molecular weight is 331 g/mol. The van der Waals surface area contributed by atoms with Crippen molar-refractivity contribution >= 4 is 12.6 Å². The highest BCUT2D eigenvalue weighted by Crippen LogP contribution is 2.06. The lowest BCUT2D eigenvalue weighted by Gasteiger charge is -2.15. The van der Waals surface area contributed by atoms with E-state index in [1.165, 1.54) is 7.05 Å². The number of hydrogen-bond acceptors (Lipinski definition) is 4. The molecule has 0 fully saturated rings. The zero-order valence-corrected chi connectivity index (χ0v) is 17.0. The first kappa shape index (κ1) is 29.1. The molecule has 1 atom stereocenters. The van der Waals surface area contributed by atoms with E-state index in [1.54, 1.807) is 6.08 Å². The molecule has 0 aliphatic heterocycles. The van der Waals surface area contributed by atoms with Crippen LogP contribution in [-0.2, 0) is 0 Å². The molecule has 0 aliphatic carbocycles. The van der Waals surface area contributed by atoms with Gasteiger partial charge in [-0.15, -0.1) is 0 Å². The van der Waals surface area contributed by atoms with Crippen LogP contribution in [-0.4, -0.2) is 22.7 Å². The summed E-state index contributed by atoms with van der Waals surface area (Å²) in [4.78, 5) is 0. The van der Waals surface area contributed by atoms with Gasteiger partial charge in [-0.2, -0.15) is 17.7 Å². The van der Waals surface area contributed by atoms with Gasteiger partial charge in [0.25, 0.3) is 0 Å². The van der Waals surface area contributed by atoms with Gasteiger partial charge in [-0.3, -0.25) is 0 Å². The predicted molar refractivity (Wildman–Crippen MR) is 106 cm³/mol. The Hall–Kier alpha value is -0.970. The van der Waals surface area contributed by atoms with E-state index >= 15 is 0 Å². The number of hydroxylamine groups is 2. The van der Waals surface area contributed by atoms with Crippen LogP contribution >= 0.6 is 12.6 Å². The summed E-state index contributed by atoms with van der Waals surface area (Å²) in [5.74, 6) is 0. The van der Waals surface area contributed by atoms with Crippen LogP contribution in [0.4, 0.5) is 0 Å². The molecule has 132 valence electrons. The molecule has 4 heteroatoms. The number of rotatable bonds is 5. The van der Waals surface area contributed by atoms with E-state index in [1.807, 2.05) is 67.5 Å². The van der Waals surface area contributed by atoms with Crippen LogP contribution in [0.15, 0.2) is 48.4 Å². The van der Waals surface area contributed by atoms with Gasteiger partial charge in [-0.1, -0.05) is 58.6 Å². The number of likely N-dealkylation sites (N-methyl/N-ethyl adjacent to an activating group) is 1. The van der Waals surface area contributed by atoms with Crippen molar-refractivity contribution in [3.05, 3.63) is 48.4 Å². The maximum Gasteiger partial charge on any atom is 0.0976 e. The van der Waals surface area contributed by atoms with Gasteiger partial charge in [-0.25, -0.2) is 0 Å². The molecule has 0 radical (unpaired) electrons. The molecule has 22 heavy (non-hydrogen) atoms. The number of nitrogens with one attached hydrogen (secondary N) is 1. The number of hydrogen-bond donors (Lipinski definition) is 3. The minimum absolute atomic E-state index is 0.241. The highest BCUT2D eigenvalue weighted by atomic mass is 32.1. The highest BCUT2D eigenvalue weighted by molar-refractivity contribution is 7.81. The monoisotopic (exact) mass is 330 g/mol. The lowest BCUT2D eigenvalue weighted by atomic mass is 10.3.